The fourth-order valence-electron chi connectivity index (χ4n) is 0.895. The Hall–Kier alpha value is -0.462. The number of benzene rings is 1. The Labute approximate surface area is 92.6 Å². The standard InChI is InChI=1S/C9H11AsO2.ClH/c1-12-8-4-2-7(3-5-8)9(11)6-10;/h2-5H,6,10H2,1H3;1H. The van der Waals surface area contributed by atoms with Crippen molar-refractivity contribution in [2.75, 3.05) is 7.11 Å². The van der Waals surface area contributed by atoms with Crippen molar-refractivity contribution >= 4 is 35.0 Å². The maximum Gasteiger partial charge on any atom is -0.147 e. The van der Waals surface area contributed by atoms with E-state index < -0.39 is 0 Å². The number of ketones is 1. The van der Waals surface area contributed by atoms with Crippen molar-refractivity contribution in [3.63, 3.8) is 0 Å². The molecule has 72 valence electrons. The van der Waals surface area contributed by atoms with Crippen LogP contribution in [0.3, 0.4) is 0 Å². The third kappa shape index (κ3) is 3.41. The maximum atomic E-state index is 11.2. The van der Waals surface area contributed by atoms with E-state index in [2.05, 4.69) is 0 Å². The van der Waals surface area contributed by atoms with E-state index in [4.69, 9.17) is 4.74 Å². The van der Waals surface area contributed by atoms with E-state index >= 15 is 0 Å². The number of ether oxygens (including phenoxy) is 1. The molecule has 1 aromatic carbocycles. The van der Waals surface area contributed by atoms with Gasteiger partial charge in [0.1, 0.15) is 0 Å². The topological polar surface area (TPSA) is 26.3 Å². The summed E-state index contributed by atoms with van der Waals surface area (Å²) < 4.78 is 4.98. The fraction of sp³-hybridized carbons (Fsp3) is 0.222. The van der Waals surface area contributed by atoms with Gasteiger partial charge < -0.3 is 0 Å². The molecule has 1 atom stereocenters. The van der Waals surface area contributed by atoms with E-state index in [9.17, 15) is 4.79 Å². The molecule has 0 radical (unpaired) electrons. The van der Waals surface area contributed by atoms with Crippen LogP contribution < -0.4 is 4.74 Å². The summed E-state index contributed by atoms with van der Waals surface area (Å²) in [5.41, 5.74) is 0.764. The largest absolute Gasteiger partial charge is 0.147 e. The molecule has 0 saturated carbocycles. The van der Waals surface area contributed by atoms with Gasteiger partial charge in [-0.15, -0.1) is 12.4 Å². The van der Waals surface area contributed by atoms with Gasteiger partial charge in [-0.2, -0.15) is 0 Å². The van der Waals surface area contributed by atoms with E-state index in [-0.39, 0.29) is 18.2 Å². The number of halogens is 1. The minimum Gasteiger partial charge on any atom is -0.147 e. The summed E-state index contributed by atoms with van der Waals surface area (Å²) in [6.45, 7) is 0. The number of hydrogen-bond donors (Lipinski definition) is 0. The minimum absolute atomic E-state index is 0. The van der Waals surface area contributed by atoms with Crippen molar-refractivity contribution in [1.82, 2.24) is 0 Å². The predicted molar refractivity (Wildman–Crippen MR) is 57.9 cm³/mol. The van der Waals surface area contributed by atoms with Crippen LogP contribution >= 0.6 is 12.4 Å². The summed E-state index contributed by atoms with van der Waals surface area (Å²) >= 11 is 1.44. The second kappa shape index (κ2) is 6.06. The first-order valence-corrected chi connectivity index (χ1v) is 5.36. The molecule has 1 rings (SSSR count). The van der Waals surface area contributed by atoms with E-state index in [0.717, 1.165) is 11.3 Å². The second-order valence-electron chi connectivity index (χ2n) is 2.36. The smallest absolute Gasteiger partial charge is 0.147 e. The number of carbonyl (C=O) groups is 1. The Kier molecular flexibility index (Phi) is 5.85. The van der Waals surface area contributed by atoms with Gasteiger partial charge in [-0.3, -0.25) is 0 Å². The van der Waals surface area contributed by atoms with Gasteiger partial charge in [-0.05, 0) is 0 Å². The SMILES string of the molecule is COc1ccc(C(=O)C[AsH2])cc1.Cl. The molecular formula is C9H12AsClO2. The van der Waals surface area contributed by atoms with Crippen molar-refractivity contribution < 1.29 is 9.53 Å². The molecule has 13 heavy (non-hydrogen) atoms. The van der Waals surface area contributed by atoms with Crippen LogP contribution in [0.5, 0.6) is 5.75 Å². The molecule has 0 heterocycles. The molecule has 0 aliphatic rings. The van der Waals surface area contributed by atoms with Crippen molar-refractivity contribution in [2.45, 2.75) is 5.21 Å². The normalized spacial score (nSPS) is 8.77. The second-order valence-corrected chi connectivity index (χ2v) is 3.21. The van der Waals surface area contributed by atoms with Crippen LogP contribution in [0, 0.1) is 0 Å². The van der Waals surface area contributed by atoms with Gasteiger partial charge in [0.15, 0.2) is 0 Å². The summed E-state index contributed by atoms with van der Waals surface area (Å²) in [5, 5.41) is 0.610. The van der Waals surface area contributed by atoms with Crippen molar-refractivity contribution in [1.29, 1.82) is 0 Å². The quantitative estimate of drug-likeness (QED) is 0.607. The zero-order chi connectivity index (χ0) is 8.97. The Morgan fingerprint density at radius 3 is 2.31 bits per heavy atom. The molecule has 0 aliphatic carbocycles. The molecule has 0 fully saturated rings. The molecule has 4 heteroatoms. The first kappa shape index (κ1) is 12.5. The first-order valence-electron chi connectivity index (χ1n) is 3.65. The predicted octanol–water partition coefficient (Wildman–Crippen LogP) is 1.35. The number of Topliss-reactive ketones (excluding diaryl/α,β-unsaturated/α-hetero) is 1. The van der Waals surface area contributed by atoms with Gasteiger partial charge >= 0.3 is 80.1 Å². The van der Waals surface area contributed by atoms with Gasteiger partial charge in [0.2, 0.25) is 0 Å². The first-order chi connectivity index (χ1) is 5.77. The summed E-state index contributed by atoms with van der Waals surface area (Å²) in [7, 11) is 1.61. The van der Waals surface area contributed by atoms with Crippen LogP contribution in [-0.4, -0.2) is 29.7 Å². The van der Waals surface area contributed by atoms with Crippen LogP contribution in [0.2, 0.25) is 5.21 Å². The van der Waals surface area contributed by atoms with Crippen LogP contribution in [0.4, 0.5) is 0 Å². The van der Waals surface area contributed by atoms with E-state index in [1.807, 2.05) is 0 Å². The van der Waals surface area contributed by atoms with Crippen molar-refractivity contribution in [2.24, 2.45) is 0 Å². The monoisotopic (exact) mass is 262 g/mol. The van der Waals surface area contributed by atoms with Crippen LogP contribution in [0.1, 0.15) is 10.4 Å². The molecule has 0 N–H and O–H groups in total. The van der Waals surface area contributed by atoms with Gasteiger partial charge in [-0.1, -0.05) is 0 Å². The fourth-order valence-corrected chi connectivity index (χ4v) is 1.39. The molecule has 0 aromatic heterocycles. The molecule has 2 nitrogen and oxygen atoms in total. The van der Waals surface area contributed by atoms with Gasteiger partial charge in [-0.25, -0.2) is 0 Å². The van der Waals surface area contributed by atoms with Crippen LogP contribution in [-0.2, 0) is 0 Å². The van der Waals surface area contributed by atoms with Crippen LogP contribution in [0.15, 0.2) is 24.3 Å². The summed E-state index contributed by atoms with van der Waals surface area (Å²) in [6.07, 6.45) is 0. The van der Waals surface area contributed by atoms with E-state index in [0.29, 0.717) is 5.21 Å². The Bertz CT molecular complexity index is 271. The molecule has 0 bridgehead atoms. The molecule has 1 unspecified atom stereocenters. The van der Waals surface area contributed by atoms with Crippen molar-refractivity contribution in [3.05, 3.63) is 29.8 Å². The minimum atomic E-state index is 0. The number of methoxy groups -OCH3 is 1. The zero-order valence-corrected chi connectivity index (χ0v) is 10.6. The number of hydrogen-bond acceptors (Lipinski definition) is 2. The van der Waals surface area contributed by atoms with E-state index in [1.165, 1.54) is 16.9 Å². The maximum absolute atomic E-state index is 11.2. The Morgan fingerprint density at radius 1 is 1.38 bits per heavy atom. The average molecular weight is 263 g/mol. The number of carbonyl (C=O) groups excluding carboxylic acids is 1. The third-order valence-electron chi connectivity index (χ3n) is 1.60. The molecule has 0 saturated heterocycles. The zero-order valence-electron chi connectivity index (χ0n) is 7.32. The summed E-state index contributed by atoms with van der Waals surface area (Å²) in [4.78, 5) is 11.2. The van der Waals surface area contributed by atoms with Gasteiger partial charge in [0.05, 0.1) is 0 Å². The summed E-state index contributed by atoms with van der Waals surface area (Å²) in [5.74, 6) is 0.978. The molecular weight excluding hydrogens is 250 g/mol. The molecule has 1 aromatic rings. The summed E-state index contributed by atoms with van der Waals surface area (Å²) in [6, 6.07) is 7.19. The third-order valence-corrected chi connectivity index (χ3v) is 2.38. The molecule has 0 spiro atoms. The number of rotatable bonds is 3. The molecule has 0 amide bonds. The van der Waals surface area contributed by atoms with Crippen LogP contribution in [0.25, 0.3) is 0 Å². The van der Waals surface area contributed by atoms with Crippen molar-refractivity contribution in [3.8, 4) is 5.75 Å². The van der Waals surface area contributed by atoms with E-state index in [1.54, 1.807) is 31.4 Å². The molecule has 0 aliphatic heterocycles. The van der Waals surface area contributed by atoms with Gasteiger partial charge in [0, 0.05) is 0 Å². The Morgan fingerprint density at radius 2 is 1.92 bits per heavy atom. The van der Waals surface area contributed by atoms with Gasteiger partial charge in [0.25, 0.3) is 0 Å². The average Bonchev–Trinajstić information content (AvgIpc) is 2.17. The Balaban J connectivity index is 0.00000144.